The van der Waals surface area contributed by atoms with Crippen LogP contribution >= 0.6 is 23.2 Å². The number of rotatable bonds is 7. The number of amides is 3. The van der Waals surface area contributed by atoms with Gasteiger partial charge in [-0.25, -0.2) is 9.80 Å². The maximum Gasteiger partial charge on any atom is 0.343 e. The third kappa shape index (κ3) is 5.42. The molecule has 3 amide bonds. The van der Waals surface area contributed by atoms with Gasteiger partial charge in [0, 0.05) is 22.4 Å². The van der Waals surface area contributed by atoms with E-state index < -0.39 is 59.7 Å². The second-order valence-corrected chi connectivity index (χ2v) is 13.8. The third-order valence-corrected chi connectivity index (χ3v) is 10.6. The van der Waals surface area contributed by atoms with Crippen molar-refractivity contribution in [1.82, 2.24) is 10.0 Å². The Kier molecular flexibility index (Phi) is 8.08. The number of hydrogen-bond acceptors (Lipinski definition) is 6. The molecule has 51 heavy (non-hydrogen) atoms. The largest absolute Gasteiger partial charge is 0.423 e. The molecule has 2 atom stereocenters. The molecule has 1 saturated heterocycles. The van der Waals surface area contributed by atoms with Crippen LogP contribution in [0.25, 0.3) is 0 Å². The number of esters is 1. The molecule has 8 nitrogen and oxygen atoms in total. The Bertz CT molecular complexity index is 2170. The number of benzene rings is 5. The molecular formula is C41H28Cl2N2O6. The van der Waals surface area contributed by atoms with Crippen LogP contribution in [0.15, 0.2) is 115 Å². The van der Waals surface area contributed by atoms with Gasteiger partial charge in [-0.2, -0.15) is 5.01 Å². The Morgan fingerprint density at radius 3 is 1.71 bits per heavy atom. The predicted octanol–water partition coefficient (Wildman–Crippen LogP) is 7.65. The summed E-state index contributed by atoms with van der Waals surface area (Å²) in [6, 6.07) is 32.6. The normalized spacial score (nSPS) is 19.6. The van der Waals surface area contributed by atoms with Gasteiger partial charge in [0.25, 0.3) is 17.7 Å². The number of nitrogens with zero attached hydrogens (tertiary/aromatic N) is 2. The molecule has 0 unspecified atom stereocenters. The van der Waals surface area contributed by atoms with Crippen molar-refractivity contribution in [3.05, 3.63) is 170 Å². The minimum absolute atomic E-state index is 0.00101. The first-order valence-electron chi connectivity index (χ1n) is 16.4. The van der Waals surface area contributed by atoms with Gasteiger partial charge in [-0.1, -0.05) is 89.4 Å². The average molecular weight is 716 g/mol. The Morgan fingerprint density at radius 2 is 1.20 bits per heavy atom. The number of ketones is 1. The highest BCUT2D eigenvalue weighted by Crippen LogP contribution is 2.61. The van der Waals surface area contributed by atoms with Gasteiger partial charge in [0.2, 0.25) is 0 Å². The molecule has 0 radical (unpaired) electrons. The molecule has 2 bridgehead atoms. The van der Waals surface area contributed by atoms with Gasteiger partial charge in [0.1, 0.15) is 12.3 Å². The van der Waals surface area contributed by atoms with Gasteiger partial charge in [-0.3, -0.25) is 19.2 Å². The molecule has 4 aliphatic rings. The summed E-state index contributed by atoms with van der Waals surface area (Å²) in [7, 11) is 0. The van der Waals surface area contributed by atoms with Crippen LogP contribution < -0.4 is 4.74 Å². The monoisotopic (exact) mass is 714 g/mol. The third-order valence-electron chi connectivity index (χ3n) is 10.0. The van der Waals surface area contributed by atoms with E-state index in [1.807, 2.05) is 55.5 Å². The number of carbonyl (C=O) groups is 5. The van der Waals surface area contributed by atoms with Crippen molar-refractivity contribution in [2.45, 2.75) is 18.8 Å². The first-order chi connectivity index (χ1) is 24.6. The fourth-order valence-corrected chi connectivity index (χ4v) is 8.22. The molecule has 0 spiro atoms. The summed E-state index contributed by atoms with van der Waals surface area (Å²) in [5.74, 6) is -5.21. The topological polar surface area (TPSA) is 101 Å². The Hall–Kier alpha value is -5.57. The van der Waals surface area contributed by atoms with Crippen LogP contribution in [0.3, 0.4) is 0 Å². The zero-order valence-electron chi connectivity index (χ0n) is 27.1. The smallest absolute Gasteiger partial charge is 0.343 e. The average Bonchev–Trinajstić information content (AvgIpc) is 3.40. The number of halogens is 2. The molecule has 5 aromatic carbocycles. The van der Waals surface area contributed by atoms with E-state index in [0.717, 1.165) is 37.8 Å². The van der Waals surface area contributed by atoms with Crippen molar-refractivity contribution in [3.8, 4) is 5.75 Å². The van der Waals surface area contributed by atoms with E-state index in [1.165, 1.54) is 42.5 Å². The van der Waals surface area contributed by atoms with E-state index in [2.05, 4.69) is 0 Å². The van der Waals surface area contributed by atoms with E-state index in [4.69, 9.17) is 27.9 Å². The summed E-state index contributed by atoms with van der Waals surface area (Å²) in [4.78, 5) is 70.0. The summed E-state index contributed by atoms with van der Waals surface area (Å²) < 4.78 is 5.48. The fourth-order valence-electron chi connectivity index (χ4n) is 7.73. The van der Waals surface area contributed by atoms with E-state index in [1.54, 1.807) is 24.3 Å². The lowest BCUT2D eigenvalue weighted by Gasteiger charge is -2.45. The van der Waals surface area contributed by atoms with Gasteiger partial charge < -0.3 is 4.74 Å². The minimum atomic E-state index is -0.809. The molecule has 9 rings (SSSR count). The summed E-state index contributed by atoms with van der Waals surface area (Å²) >= 11 is 12.6. The van der Waals surface area contributed by atoms with Gasteiger partial charge in [-0.15, -0.1) is 0 Å². The van der Waals surface area contributed by atoms with Crippen molar-refractivity contribution in [2.75, 3.05) is 6.54 Å². The molecular weight excluding hydrogens is 687 g/mol. The van der Waals surface area contributed by atoms with Gasteiger partial charge in [0.05, 0.1) is 28.0 Å². The Balaban J connectivity index is 1.13. The SMILES string of the molecule is Cc1ccc(C(=O)Oc2ccc(C(=O)CN(C(=O)c3ccc(Cl)cc3Cl)N3C(=O)[C@@H]4C5c6ccccc6C(c6ccccc65)[C@@H]4C3=O)cc2)cc1. The highest BCUT2D eigenvalue weighted by molar-refractivity contribution is 6.36. The molecule has 1 heterocycles. The minimum Gasteiger partial charge on any atom is -0.423 e. The van der Waals surface area contributed by atoms with E-state index >= 15 is 0 Å². The standard InChI is InChI=1S/C41H28Cl2N2O6/c1-22-10-12-24(13-11-22)41(50)51-26-17-14-23(15-18-26)33(46)21-44(38(47)31-19-16-25(42)20-32(31)43)45-39(48)36-34-27-6-2-3-7-28(27)35(37(36)40(45)49)30-9-5-4-8-29(30)34/h2-20,34-37H,21H2,1H3/t34?,35?,36-,37+. The lowest BCUT2D eigenvalue weighted by Crippen LogP contribution is -2.52. The Morgan fingerprint density at radius 1 is 0.686 bits per heavy atom. The highest BCUT2D eigenvalue weighted by atomic mass is 35.5. The van der Waals surface area contributed by atoms with Crippen LogP contribution in [0.5, 0.6) is 5.75 Å². The molecule has 0 aromatic heterocycles. The number of Topliss-reactive ketones (excluding diaryl/α,β-unsaturated/α-hetero) is 1. The van der Waals surface area contributed by atoms with Gasteiger partial charge >= 0.3 is 5.97 Å². The summed E-state index contributed by atoms with van der Waals surface area (Å²) in [5, 5.41) is 2.05. The lowest BCUT2D eigenvalue weighted by atomic mass is 9.55. The highest BCUT2D eigenvalue weighted by Gasteiger charge is 2.63. The maximum absolute atomic E-state index is 14.6. The maximum atomic E-state index is 14.6. The molecule has 1 fully saturated rings. The second kappa shape index (κ2) is 12.6. The lowest BCUT2D eigenvalue weighted by molar-refractivity contribution is -0.154. The van der Waals surface area contributed by atoms with E-state index in [9.17, 15) is 24.0 Å². The quantitative estimate of drug-likeness (QED) is 0.0743. The van der Waals surface area contributed by atoms with Crippen LogP contribution in [0, 0.1) is 18.8 Å². The van der Waals surface area contributed by atoms with E-state index in [0.29, 0.717) is 5.56 Å². The van der Waals surface area contributed by atoms with Crippen LogP contribution in [-0.4, -0.2) is 46.0 Å². The molecule has 1 aliphatic heterocycles. The molecule has 5 aromatic rings. The van der Waals surface area contributed by atoms with Crippen LogP contribution in [0.4, 0.5) is 0 Å². The zero-order chi connectivity index (χ0) is 35.6. The number of ether oxygens (including phenoxy) is 1. The van der Waals surface area contributed by atoms with Crippen molar-refractivity contribution in [2.24, 2.45) is 11.8 Å². The van der Waals surface area contributed by atoms with Crippen molar-refractivity contribution in [1.29, 1.82) is 0 Å². The summed E-state index contributed by atoms with van der Waals surface area (Å²) in [6.45, 7) is 1.26. The first kappa shape index (κ1) is 32.6. The number of hydrogen-bond donors (Lipinski definition) is 0. The van der Waals surface area contributed by atoms with E-state index in [-0.39, 0.29) is 26.9 Å². The zero-order valence-corrected chi connectivity index (χ0v) is 28.6. The summed E-state index contributed by atoms with van der Waals surface area (Å²) in [5.41, 5.74) is 5.41. The van der Waals surface area contributed by atoms with Crippen LogP contribution in [0.2, 0.25) is 10.0 Å². The second-order valence-electron chi connectivity index (χ2n) is 12.9. The number of aryl methyl sites for hydroxylation is 1. The van der Waals surface area contributed by atoms with Crippen LogP contribution in [0.1, 0.15) is 70.7 Å². The summed E-state index contributed by atoms with van der Waals surface area (Å²) in [6.07, 6.45) is 0. The molecule has 0 saturated carbocycles. The molecule has 3 aliphatic carbocycles. The van der Waals surface area contributed by atoms with Gasteiger partial charge in [0.15, 0.2) is 5.78 Å². The number of carbonyl (C=O) groups excluding carboxylic acids is 5. The fraction of sp³-hybridized carbons (Fsp3) is 0.146. The number of imide groups is 1. The first-order valence-corrected chi connectivity index (χ1v) is 17.1. The Labute approximate surface area is 303 Å². The van der Waals surface area contributed by atoms with Gasteiger partial charge in [-0.05, 0) is 83.8 Å². The molecule has 0 N–H and O–H groups in total. The van der Waals surface area contributed by atoms with Crippen molar-refractivity contribution in [3.63, 3.8) is 0 Å². The van der Waals surface area contributed by atoms with Crippen molar-refractivity contribution >= 4 is 52.7 Å². The predicted molar refractivity (Wildman–Crippen MR) is 190 cm³/mol. The molecule has 252 valence electrons. The number of hydrazine groups is 1. The van der Waals surface area contributed by atoms with Crippen molar-refractivity contribution < 1.29 is 28.7 Å². The van der Waals surface area contributed by atoms with Crippen LogP contribution in [-0.2, 0) is 9.59 Å². The molecule has 10 heteroatoms.